The molecule has 0 atom stereocenters. The summed E-state index contributed by atoms with van der Waals surface area (Å²) in [5.74, 6) is 1.56. The molecule has 0 bridgehead atoms. The number of hydrogen-bond acceptors (Lipinski definition) is 4. The van der Waals surface area contributed by atoms with E-state index in [9.17, 15) is 22.1 Å². The Morgan fingerprint density at radius 3 is 1.45 bits per heavy atom. The summed E-state index contributed by atoms with van der Waals surface area (Å²) >= 11 is 0. The van der Waals surface area contributed by atoms with Crippen LogP contribution < -0.4 is 5.32 Å². The van der Waals surface area contributed by atoms with Crippen molar-refractivity contribution in [3.8, 4) is 0 Å². The molecular weight excluding hydrogens is 329 g/mol. The molecule has 0 fully saturated rings. The van der Waals surface area contributed by atoms with Crippen molar-refractivity contribution >= 4 is 7.82 Å². The number of alkyl halides is 4. The molecule has 0 unspecified atom stereocenters. The fourth-order valence-corrected chi connectivity index (χ4v) is 1.68. The first-order valence-electron chi connectivity index (χ1n) is 6.85. The van der Waals surface area contributed by atoms with Crippen LogP contribution in [0.5, 0.6) is 0 Å². The van der Waals surface area contributed by atoms with Crippen molar-refractivity contribution < 1.29 is 36.1 Å². The number of halogens is 4. The van der Waals surface area contributed by atoms with Crippen molar-refractivity contribution in [1.82, 2.24) is 5.32 Å². The van der Waals surface area contributed by atoms with Crippen molar-refractivity contribution in [3.63, 3.8) is 0 Å². The van der Waals surface area contributed by atoms with Crippen molar-refractivity contribution in [3.05, 3.63) is 0 Å². The quantitative estimate of drug-likeness (QED) is 0.463. The molecule has 0 saturated heterocycles. The Labute approximate surface area is 129 Å². The lowest BCUT2D eigenvalue weighted by Crippen LogP contribution is -2.23. The molecule has 10 heteroatoms. The molecule has 2 N–H and O–H groups in total. The smallest absolute Gasteiger partial charge is 0.316 e. The van der Waals surface area contributed by atoms with Gasteiger partial charge in [-0.25, -0.2) is 22.1 Å². The molecule has 0 aromatic carbocycles. The van der Waals surface area contributed by atoms with Crippen LogP contribution in [0.1, 0.15) is 27.7 Å². The highest BCUT2D eigenvalue weighted by Gasteiger charge is 2.24. The second-order valence-electron chi connectivity index (χ2n) is 5.29. The second-order valence-corrected chi connectivity index (χ2v) is 6.74. The molecule has 0 saturated carbocycles. The molecule has 0 aromatic heterocycles. The molecule has 0 amide bonds. The maximum absolute atomic E-state index is 11.4. The zero-order valence-electron chi connectivity index (χ0n) is 13.3. The largest absolute Gasteiger partial charge is 0.472 e. The van der Waals surface area contributed by atoms with Gasteiger partial charge in [0.1, 0.15) is 13.2 Å². The standard InChI is InChI=1S/C8H19N.C4H7F4O4P/c1-7(2)5-9-6-8(3)4;5-3(6)1-11-13(9,10)12-2-4(7)8/h7-9H,5-6H2,1-4H3;3-4H,1-2H2,(H,9,10). The van der Waals surface area contributed by atoms with E-state index >= 15 is 0 Å². The third-order valence-electron chi connectivity index (χ3n) is 1.83. The van der Waals surface area contributed by atoms with E-state index in [4.69, 9.17) is 4.89 Å². The third kappa shape index (κ3) is 22.1. The molecule has 5 nitrogen and oxygen atoms in total. The highest BCUT2D eigenvalue weighted by Crippen LogP contribution is 2.43. The Kier molecular flexibility index (Phi) is 14.5. The molecule has 0 radical (unpaired) electrons. The van der Waals surface area contributed by atoms with E-state index in [1.54, 1.807) is 0 Å². The number of phosphoric acid groups is 1. The fraction of sp³-hybridized carbons (Fsp3) is 1.00. The average molecular weight is 355 g/mol. The van der Waals surface area contributed by atoms with Crippen LogP contribution in [0, 0.1) is 11.8 Å². The van der Waals surface area contributed by atoms with Crippen molar-refractivity contribution in [2.75, 3.05) is 26.3 Å². The molecule has 136 valence electrons. The highest BCUT2D eigenvalue weighted by molar-refractivity contribution is 7.47. The molecule has 22 heavy (non-hydrogen) atoms. The molecule has 0 spiro atoms. The minimum atomic E-state index is -4.76. The van der Waals surface area contributed by atoms with Crippen LogP contribution in [0.3, 0.4) is 0 Å². The van der Waals surface area contributed by atoms with E-state index in [1.807, 2.05) is 0 Å². The fourth-order valence-electron chi connectivity index (χ4n) is 0.999. The molecule has 0 rings (SSSR count). The minimum absolute atomic E-state index is 0.781. The van der Waals surface area contributed by atoms with Gasteiger partial charge in [-0.2, -0.15) is 0 Å². The topological polar surface area (TPSA) is 67.8 Å². The van der Waals surface area contributed by atoms with Crippen LogP contribution >= 0.6 is 7.82 Å². The van der Waals surface area contributed by atoms with Crippen molar-refractivity contribution in [2.45, 2.75) is 40.5 Å². The van der Waals surface area contributed by atoms with Crippen LogP contribution in [0.2, 0.25) is 0 Å². The van der Waals surface area contributed by atoms with Gasteiger partial charge in [-0.05, 0) is 24.9 Å². The van der Waals surface area contributed by atoms with E-state index in [0.717, 1.165) is 24.9 Å². The van der Waals surface area contributed by atoms with Gasteiger partial charge in [0.25, 0.3) is 12.9 Å². The van der Waals surface area contributed by atoms with Gasteiger partial charge in [0, 0.05) is 0 Å². The predicted octanol–water partition coefficient (Wildman–Crippen LogP) is 3.54. The lowest BCUT2D eigenvalue weighted by atomic mass is 10.2. The van der Waals surface area contributed by atoms with Crippen LogP contribution in [0.25, 0.3) is 0 Å². The highest BCUT2D eigenvalue weighted by atomic mass is 31.2. The maximum atomic E-state index is 11.4. The number of rotatable bonds is 10. The third-order valence-corrected chi connectivity index (χ3v) is 2.78. The zero-order chi connectivity index (χ0) is 17.8. The SMILES string of the molecule is CC(C)CNCC(C)C.O=P(O)(OCC(F)F)OCC(F)F. The maximum Gasteiger partial charge on any atom is 0.472 e. The van der Waals surface area contributed by atoms with E-state index < -0.39 is 33.9 Å². The lowest BCUT2D eigenvalue weighted by molar-refractivity contribution is 0.0292. The van der Waals surface area contributed by atoms with Gasteiger partial charge < -0.3 is 10.2 Å². The normalized spacial score (nSPS) is 12.2. The molecule has 0 aliphatic heterocycles. The van der Waals surface area contributed by atoms with Crippen molar-refractivity contribution in [2.24, 2.45) is 11.8 Å². The Balaban J connectivity index is 0. The molecule has 0 heterocycles. The van der Waals surface area contributed by atoms with Gasteiger partial charge >= 0.3 is 7.82 Å². The lowest BCUT2D eigenvalue weighted by Gasteiger charge is -2.10. The van der Waals surface area contributed by atoms with E-state index in [-0.39, 0.29) is 0 Å². The summed E-state index contributed by atoms with van der Waals surface area (Å²) in [5.41, 5.74) is 0. The number of phosphoric ester groups is 1. The molecule has 0 aliphatic carbocycles. The summed E-state index contributed by atoms with van der Waals surface area (Å²) in [6.07, 6.45) is -5.92. The van der Waals surface area contributed by atoms with Gasteiger partial charge in [-0.15, -0.1) is 0 Å². The molecule has 0 aromatic rings. The van der Waals surface area contributed by atoms with E-state index in [2.05, 4.69) is 42.1 Å². The first-order valence-corrected chi connectivity index (χ1v) is 8.34. The van der Waals surface area contributed by atoms with E-state index in [0.29, 0.717) is 0 Å². The van der Waals surface area contributed by atoms with Gasteiger partial charge in [0.15, 0.2) is 0 Å². The summed E-state index contributed by atoms with van der Waals surface area (Å²) in [6, 6.07) is 0. The first kappa shape index (κ1) is 24.0. The van der Waals surface area contributed by atoms with Gasteiger partial charge in [0.05, 0.1) is 0 Å². The summed E-state index contributed by atoms with van der Waals surface area (Å²) in [6.45, 7) is 8.55. The molecule has 0 aliphatic rings. The monoisotopic (exact) mass is 355 g/mol. The van der Waals surface area contributed by atoms with Crippen LogP contribution in [0.15, 0.2) is 0 Å². The Morgan fingerprint density at radius 1 is 0.909 bits per heavy atom. The molecular formula is C12H26F4NO4P. The van der Waals surface area contributed by atoms with Crippen molar-refractivity contribution in [1.29, 1.82) is 0 Å². The van der Waals surface area contributed by atoms with Crippen LogP contribution in [0.4, 0.5) is 17.6 Å². The van der Waals surface area contributed by atoms with Gasteiger partial charge in [-0.3, -0.25) is 9.05 Å². The first-order chi connectivity index (χ1) is 9.96. The van der Waals surface area contributed by atoms with Gasteiger partial charge in [-0.1, -0.05) is 27.7 Å². The van der Waals surface area contributed by atoms with Gasteiger partial charge in [0.2, 0.25) is 0 Å². The van der Waals surface area contributed by atoms with Crippen LogP contribution in [-0.2, 0) is 13.6 Å². The van der Waals surface area contributed by atoms with E-state index in [1.165, 1.54) is 0 Å². The predicted molar refractivity (Wildman–Crippen MR) is 76.3 cm³/mol. The summed E-state index contributed by atoms with van der Waals surface area (Å²) in [4.78, 5) is 8.46. The number of hydrogen-bond donors (Lipinski definition) is 2. The zero-order valence-corrected chi connectivity index (χ0v) is 14.2. The Hall–Kier alpha value is -0.210. The number of nitrogens with one attached hydrogen (secondary N) is 1. The minimum Gasteiger partial charge on any atom is -0.316 e. The van der Waals surface area contributed by atoms with Crippen LogP contribution in [-0.4, -0.2) is 44.0 Å². The Morgan fingerprint density at radius 2 is 1.23 bits per heavy atom. The summed E-state index contributed by atoms with van der Waals surface area (Å²) < 4.78 is 63.4. The summed E-state index contributed by atoms with van der Waals surface area (Å²) in [5, 5.41) is 3.38. The average Bonchev–Trinajstić information content (AvgIpc) is 2.34. The summed E-state index contributed by atoms with van der Waals surface area (Å²) in [7, 11) is -4.76. The second kappa shape index (κ2) is 13.2. The Bertz CT molecular complexity index is 283.